The van der Waals surface area contributed by atoms with Gasteiger partial charge in [-0.3, -0.25) is 14.3 Å². The monoisotopic (exact) mass is 431 g/mol. The number of carbonyl (C=O) groups excluding carboxylic acids is 1. The van der Waals surface area contributed by atoms with E-state index in [2.05, 4.69) is 19.9 Å². The van der Waals surface area contributed by atoms with Gasteiger partial charge in [-0.05, 0) is 18.6 Å². The van der Waals surface area contributed by atoms with Crippen LogP contribution in [0, 0.1) is 0 Å². The van der Waals surface area contributed by atoms with Crippen molar-refractivity contribution in [1.82, 2.24) is 24.5 Å². The first kappa shape index (κ1) is 20.8. The normalized spacial score (nSPS) is 16.5. The summed E-state index contributed by atoms with van der Waals surface area (Å²) >= 11 is 0. The topological polar surface area (TPSA) is 80.0 Å². The highest BCUT2D eigenvalue weighted by Gasteiger charge is 2.39. The van der Waals surface area contributed by atoms with Crippen LogP contribution in [0.4, 0.5) is 24.7 Å². The van der Waals surface area contributed by atoms with Gasteiger partial charge in [-0.25, -0.2) is 9.97 Å². The predicted octanol–water partition coefficient (Wildman–Crippen LogP) is 3.24. The summed E-state index contributed by atoms with van der Waals surface area (Å²) in [7, 11) is 1.58. The molecule has 0 fully saturated rings. The quantitative estimate of drug-likeness (QED) is 0.617. The molecule has 3 aromatic heterocycles. The third-order valence-electron chi connectivity index (χ3n) is 5.18. The van der Waals surface area contributed by atoms with Crippen LogP contribution in [0.5, 0.6) is 0 Å². The Morgan fingerprint density at radius 3 is 2.55 bits per heavy atom. The largest absolute Gasteiger partial charge is 0.390 e. The zero-order valence-corrected chi connectivity index (χ0v) is 16.9. The van der Waals surface area contributed by atoms with Gasteiger partial charge in [0.05, 0.1) is 12.6 Å². The number of aromatic nitrogens is 5. The van der Waals surface area contributed by atoms with E-state index in [4.69, 9.17) is 0 Å². The minimum absolute atomic E-state index is 0.248. The fraction of sp³-hybridized carbons (Fsp3) is 0.350. The Bertz CT molecular complexity index is 1080. The molecule has 0 N–H and O–H groups in total. The highest BCUT2D eigenvalue weighted by Crippen LogP contribution is 2.36. The number of hydrogen-bond acceptors (Lipinski definition) is 6. The summed E-state index contributed by atoms with van der Waals surface area (Å²) < 4.78 is 40.5. The summed E-state index contributed by atoms with van der Waals surface area (Å²) in [6.45, 7) is 1.40. The summed E-state index contributed by atoms with van der Waals surface area (Å²) in [6, 6.07) is 2.84. The predicted molar refractivity (Wildman–Crippen MR) is 108 cm³/mol. The number of rotatable bonds is 5. The molecular formula is C20H20F3N7O. The molecule has 1 amide bonds. The second-order valence-corrected chi connectivity index (χ2v) is 7.12. The first-order chi connectivity index (χ1) is 14.8. The van der Waals surface area contributed by atoms with Crippen molar-refractivity contribution in [2.24, 2.45) is 0 Å². The van der Waals surface area contributed by atoms with Crippen LogP contribution < -0.4 is 9.80 Å². The van der Waals surface area contributed by atoms with Crippen LogP contribution in [0.1, 0.15) is 19.8 Å². The standard InChI is InChI=1S/C20H20F3N7O/c1-3-14-18(31)28(2)15-12-26-19(27-17(15)29(14)10-6-20(21,22)23)30-11-9-25-16(30)13-4-7-24-8-5-13/h4-5,7-9,11-12,14H,3,6,10H2,1-2H3. The van der Waals surface area contributed by atoms with Crippen LogP contribution in [0.3, 0.4) is 0 Å². The summed E-state index contributed by atoms with van der Waals surface area (Å²) in [5.41, 5.74) is 1.15. The molecule has 0 radical (unpaired) electrons. The van der Waals surface area contributed by atoms with Crippen molar-refractivity contribution in [3.05, 3.63) is 43.1 Å². The molecule has 0 bridgehead atoms. The van der Waals surface area contributed by atoms with Crippen molar-refractivity contribution in [1.29, 1.82) is 0 Å². The summed E-state index contributed by atoms with van der Waals surface area (Å²) in [6.07, 6.45) is 2.94. The zero-order chi connectivity index (χ0) is 22.2. The average molecular weight is 431 g/mol. The number of halogens is 3. The number of anilines is 2. The minimum Gasteiger partial charge on any atom is -0.342 e. The second-order valence-electron chi connectivity index (χ2n) is 7.12. The van der Waals surface area contributed by atoms with Crippen molar-refractivity contribution in [2.45, 2.75) is 32.0 Å². The van der Waals surface area contributed by atoms with E-state index in [0.29, 0.717) is 17.9 Å². The lowest BCUT2D eigenvalue weighted by atomic mass is 10.1. The molecule has 4 heterocycles. The number of likely N-dealkylation sites (N-methyl/N-ethyl adjacent to an activating group) is 1. The second kappa shape index (κ2) is 7.97. The molecule has 0 saturated heterocycles. The third kappa shape index (κ3) is 3.94. The molecule has 31 heavy (non-hydrogen) atoms. The molecule has 162 valence electrons. The molecule has 0 saturated carbocycles. The lowest BCUT2D eigenvalue weighted by Gasteiger charge is -2.40. The van der Waals surface area contributed by atoms with Gasteiger partial charge < -0.3 is 9.80 Å². The average Bonchev–Trinajstić information content (AvgIpc) is 3.25. The Morgan fingerprint density at radius 2 is 1.87 bits per heavy atom. The van der Waals surface area contributed by atoms with Gasteiger partial charge in [-0.2, -0.15) is 18.2 Å². The fourth-order valence-corrected chi connectivity index (χ4v) is 3.63. The van der Waals surface area contributed by atoms with Gasteiger partial charge in [0, 0.05) is 43.9 Å². The van der Waals surface area contributed by atoms with E-state index in [1.807, 2.05) is 0 Å². The van der Waals surface area contributed by atoms with Gasteiger partial charge in [0.25, 0.3) is 0 Å². The first-order valence-electron chi connectivity index (χ1n) is 9.72. The van der Waals surface area contributed by atoms with Gasteiger partial charge >= 0.3 is 6.18 Å². The van der Waals surface area contributed by atoms with E-state index in [-0.39, 0.29) is 24.2 Å². The Labute approximate surface area is 176 Å². The summed E-state index contributed by atoms with van der Waals surface area (Å²) in [5, 5.41) is 0. The molecule has 1 unspecified atom stereocenters. The SMILES string of the molecule is CCC1C(=O)N(C)c2cnc(-n3ccnc3-c3ccncc3)nc2N1CCC(F)(F)F. The van der Waals surface area contributed by atoms with Crippen LogP contribution >= 0.6 is 0 Å². The van der Waals surface area contributed by atoms with Crippen molar-refractivity contribution < 1.29 is 18.0 Å². The maximum Gasteiger partial charge on any atom is 0.390 e. The molecule has 4 rings (SSSR count). The molecule has 0 spiro atoms. The number of fused-ring (bicyclic) bond motifs is 1. The van der Waals surface area contributed by atoms with Crippen LogP contribution in [0.15, 0.2) is 43.1 Å². The number of alkyl halides is 3. The minimum atomic E-state index is -4.35. The molecule has 3 aromatic rings. The van der Waals surface area contributed by atoms with Gasteiger partial charge in [0.15, 0.2) is 5.82 Å². The van der Waals surface area contributed by atoms with Gasteiger partial charge in [0.1, 0.15) is 17.6 Å². The number of nitrogens with zero attached hydrogens (tertiary/aromatic N) is 7. The van der Waals surface area contributed by atoms with E-state index in [1.165, 1.54) is 16.0 Å². The third-order valence-corrected chi connectivity index (χ3v) is 5.18. The number of hydrogen-bond donors (Lipinski definition) is 0. The smallest absolute Gasteiger partial charge is 0.342 e. The van der Waals surface area contributed by atoms with Crippen LogP contribution in [0.25, 0.3) is 17.3 Å². The number of amides is 1. The van der Waals surface area contributed by atoms with Crippen molar-refractivity contribution in [2.75, 3.05) is 23.4 Å². The first-order valence-corrected chi connectivity index (χ1v) is 9.72. The summed E-state index contributed by atoms with van der Waals surface area (Å²) in [5.74, 6) is 0.820. The van der Waals surface area contributed by atoms with E-state index in [9.17, 15) is 18.0 Å². The van der Waals surface area contributed by atoms with Crippen LogP contribution in [-0.4, -0.2) is 56.2 Å². The Balaban J connectivity index is 1.79. The van der Waals surface area contributed by atoms with Gasteiger partial charge in [-0.15, -0.1) is 0 Å². The van der Waals surface area contributed by atoms with E-state index in [1.54, 1.807) is 55.5 Å². The highest BCUT2D eigenvalue weighted by molar-refractivity contribution is 6.04. The van der Waals surface area contributed by atoms with Crippen molar-refractivity contribution >= 4 is 17.4 Å². The van der Waals surface area contributed by atoms with Crippen LogP contribution in [0.2, 0.25) is 0 Å². The molecule has 8 nitrogen and oxygen atoms in total. The van der Waals surface area contributed by atoms with E-state index < -0.39 is 18.6 Å². The molecular weight excluding hydrogens is 411 g/mol. The van der Waals surface area contributed by atoms with Gasteiger partial charge in [-0.1, -0.05) is 6.92 Å². The van der Waals surface area contributed by atoms with E-state index in [0.717, 1.165) is 5.56 Å². The molecule has 0 aromatic carbocycles. The molecule has 11 heteroatoms. The summed E-state index contributed by atoms with van der Waals surface area (Å²) in [4.78, 5) is 32.8. The molecule has 1 atom stereocenters. The Kier molecular flexibility index (Phi) is 5.34. The Morgan fingerprint density at radius 1 is 1.13 bits per heavy atom. The van der Waals surface area contributed by atoms with Crippen molar-refractivity contribution in [3.8, 4) is 17.3 Å². The van der Waals surface area contributed by atoms with Crippen molar-refractivity contribution in [3.63, 3.8) is 0 Å². The Hall–Kier alpha value is -3.50. The number of imidazole rings is 1. The maximum atomic E-state index is 13.0. The van der Waals surface area contributed by atoms with E-state index >= 15 is 0 Å². The van der Waals surface area contributed by atoms with Crippen LogP contribution in [-0.2, 0) is 4.79 Å². The number of pyridine rings is 1. The molecule has 1 aliphatic heterocycles. The van der Waals surface area contributed by atoms with Gasteiger partial charge in [0.2, 0.25) is 11.9 Å². The lowest BCUT2D eigenvalue weighted by molar-refractivity contribution is -0.133. The fourth-order valence-electron chi connectivity index (χ4n) is 3.63. The highest BCUT2D eigenvalue weighted by atomic mass is 19.4. The lowest BCUT2D eigenvalue weighted by Crippen LogP contribution is -2.53. The molecule has 1 aliphatic rings. The maximum absolute atomic E-state index is 13.0. The zero-order valence-electron chi connectivity index (χ0n) is 16.9. The number of carbonyl (C=O) groups is 1. The molecule has 0 aliphatic carbocycles.